The van der Waals surface area contributed by atoms with Gasteiger partial charge in [0.25, 0.3) is 0 Å². The van der Waals surface area contributed by atoms with Gasteiger partial charge < -0.3 is 5.73 Å². The Kier molecular flexibility index (Phi) is 1.32. The molecular weight excluding hydrogens is 102 g/mol. The molecule has 0 spiro atoms. The molecule has 0 aromatic heterocycles. The van der Waals surface area contributed by atoms with Crippen molar-refractivity contribution in [1.29, 1.82) is 0 Å². The van der Waals surface area contributed by atoms with Gasteiger partial charge in [-0.2, -0.15) is 0 Å². The molecule has 1 aliphatic heterocycles. The Morgan fingerprint density at radius 3 is 2.50 bits per heavy atom. The van der Waals surface area contributed by atoms with Crippen LogP contribution in [0.2, 0.25) is 0 Å². The normalized spacial score (nSPS) is 26.8. The standard InChI is InChI=1S/C5H9N3/c6-5-3-1-2-4-8(5)7/h1-5H,6-7H2. The molecule has 1 heterocycles. The zero-order chi connectivity index (χ0) is 5.98. The lowest BCUT2D eigenvalue weighted by atomic mass is 10.3. The van der Waals surface area contributed by atoms with E-state index in [1.54, 1.807) is 6.20 Å². The van der Waals surface area contributed by atoms with Crippen LogP contribution in [-0.4, -0.2) is 11.2 Å². The summed E-state index contributed by atoms with van der Waals surface area (Å²) in [6.07, 6.45) is 7.10. The molecule has 1 atom stereocenters. The first kappa shape index (κ1) is 5.34. The molecule has 0 amide bonds. The maximum Gasteiger partial charge on any atom is 0.110 e. The first-order chi connectivity index (χ1) is 3.80. The summed E-state index contributed by atoms with van der Waals surface area (Å²) in [7, 11) is 0. The van der Waals surface area contributed by atoms with Gasteiger partial charge in [0, 0.05) is 6.20 Å². The summed E-state index contributed by atoms with van der Waals surface area (Å²) in [4.78, 5) is 0. The van der Waals surface area contributed by atoms with Crippen molar-refractivity contribution < 1.29 is 0 Å². The highest BCUT2D eigenvalue weighted by Crippen LogP contribution is 1.95. The molecule has 44 valence electrons. The Morgan fingerprint density at radius 1 is 1.38 bits per heavy atom. The highest BCUT2D eigenvalue weighted by atomic mass is 15.4. The van der Waals surface area contributed by atoms with E-state index in [0.717, 1.165) is 0 Å². The van der Waals surface area contributed by atoms with Crippen molar-refractivity contribution in [2.24, 2.45) is 11.6 Å². The van der Waals surface area contributed by atoms with Crippen LogP contribution in [0.5, 0.6) is 0 Å². The Hall–Kier alpha value is -0.800. The minimum atomic E-state index is -0.153. The maximum atomic E-state index is 5.44. The molecule has 0 saturated heterocycles. The molecule has 3 nitrogen and oxygen atoms in total. The van der Waals surface area contributed by atoms with E-state index in [0.29, 0.717) is 0 Å². The molecule has 0 aromatic rings. The second-order valence-corrected chi connectivity index (χ2v) is 1.66. The molecule has 0 aliphatic carbocycles. The smallest absolute Gasteiger partial charge is 0.110 e. The summed E-state index contributed by atoms with van der Waals surface area (Å²) < 4.78 is 0. The van der Waals surface area contributed by atoms with Gasteiger partial charge >= 0.3 is 0 Å². The van der Waals surface area contributed by atoms with Crippen molar-refractivity contribution in [2.45, 2.75) is 6.17 Å². The van der Waals surface area contributed by atoms with Gasteiger partial charge in [-0.05, 0) is 12.2 Å². The van der Waals surface area contributed by atoms with Gasteiger partial charge in [0.15, 0.2) is 0 Å². The van der Waals surface area contributed by atoms with Crippen molar-refractivity contribution in [1.82, 2.24) is 5.01 Å². The van der Waals surface area contributed by atoms with Crippen LogP contribution >= 0.6 is 0 Å². The van der Waals surface area contributed by atoms with E-state index in [4.69, 9.17) is 11.6 Å². The number of nitrogens with zero attached hydrogens (tertiary/aromatic N) is 1. The lowest BCUT2D eigenvalue weighted by Crippen LogP contribution is -2.42. The fraction of sp³-hybridized carbons (Fsp3) is 0.200. The lowest BCUT2D eigenvalue weighted by Gasteiger charge is -2.20. The number of hydrogen-bond acceptors (Lipinski definition) is 3. The van der Waals surface area contributed by atoms with Crippen molar-refractivity contribution in [3.8, 4) is 0 Å². The largest absolute Gasteiger partial charge is 0.307 e. The van der Waals surface area contributed by atoms with Crippen LogP contribution in [0.15, 0.2) is 24.4 Å². The van der Waals surface area contributed by atoms with Gasteiger partial charge in [0.2, 0.25) is 0 Å². The van der Waals surface area contributed by atoms with Crippen LogP contribution in [0, 0.1) is 0 Å². The molecule has 0 bridgehead atoms. The average Bonchev–Trinajstić information content (AvgIpc) is 1.77. The van der Waals surface area contributed by atoms with Gasteiger partial charge in [-0.25, -0.2) is 5.84 Å². The Bertz CT molecular complexity index is 112. The second-order valence-electron chi connectivity index (χ2n) is 1.66. The van der Waals surface area contributed by atoms with E-state index in [1.165, 1.54) is 5.01 Å². The molecule has 1 unspecified atom stereocenters. The van der Waals surface area contributed by atoms with Gasteiger partial charge in [-0.15, -0.1) is 0 Å². The molecule has 0 radical (unpaired) electrons. The fourth-order valence-corrected chi connectivity index (χ4v) is 0.526. The van der Waals surface area contributed by atoms with E-state index in [2.05, 4.69) is 0 Å². The quantitative estimate of drug-likeness (QED) is 0.415. The number of allylic oxidation sites excluding steroid dienone is 2. The van der Waals surface area contributed by atoms with E-state index in [9.17, 15) is 0 Å². The van der Waals surface area contributed by atoms with Crippen LogP contribution in [-0.2, 0) is 0 Å². The van der Waals surface area contributed by atoms with E-state index in [1.807, 2.05) is 18.2 Å². The average molecular weight is 111 g/mol. The summed E-state index contributed by atoms with van der Waals surface area (Å²) in [6.45, 7) is 0. The summed E-state index contributed by atoms with van der Waals surface area (Å²) in [5.41, 5.74) is 5.44. The number of hydrazine groups is 1. The van der Waals surface area contributed by atoms with E-state index < -0.39 is 0 Å². The summed E-state index contributed by atoms with van der Waals surface area (Å²) >= 11 is 0. The minimum absolute atomic E-state index is 0.153. The van der Waals surface area contributed by atoms with Crippen LogP contribution in [0.1, 0.15) is 0 Å². The predicted octanol–water partition coefficient (Wildman–Crippen LogP) is -0.470. The summed E-state index contributed by atoms with van der Waals surface area (Å²) in [5.74, 6) is 5.35. The Balaban J connectivity index is 2.59. The van der Waals surface area contributed by atoms with Crippen molar-refractivity contribution in [3.05, 3.63) is 24.4 Å². The maximum absolute atomic E-state index is 5.44. The third kappa shape index (κ3) is 0.882. The van der Waals surface area contributed by atoms with Gasteiger partial charge in [-0.3, -0.25) is 5.01 Å². The Labute approximate surface area is 48.2 Å². The van der Waals surface area contributed by atoms with Crippen molar-refractivity contribution in [2.75, 3.05) is 0 Å². The van der Waals surface area contributed by atoms with Crippen LogP contribution in [0.25, 0.3) is 0 Å². The third-order valence-electron chi connectivity index (χ3n) is 1.02. The molecule has 0 aromatic carbocycles. The first-order valence-electron chi connectivity index (χ1n) is 2.44. The molecule has 0 fully saturated rings. The molecular formula is C5H9N3. The molecule has 0 saturated carbocycles. The highest BCUT2D eigenvalue weighted by Gasteiger charge is 2.01. The molecule has 1 aliphatic rings. The van der Waals surface area contributed by atoms with Gasteiger partial charge in [0.05, 0.1) is 0 Å². The van der Waals surface area contributed by atoms with Crippen LogP contribution < -0.4 is 11.6 Å². The lowest BCUT2D eigenvalue weighted by molar-refractivity contribution is 0.334. The van der Waals surface area contributed by atoms with Crippen LogP contribution in [0.3, 0.4) is 0 Å². The van der Waals surface area contributed by atoms with Gasteiger partial charge in [0.1, 0.15) is 6.17 Å². The zero-order valence-corrected chi connectivity index (χ0v) is 4.49. The van der Waals surface area contributed by atoms with E-state index in [-0.39, 0.29) is 6.17 Å². The second kappa shape index (κ2) is 1.98. The van der Waals surface area contributed by atoms with Gasteiger partial charge in [-0.1, -0.05) is 6.08 Å². The topological polar surface area (TPSA) is 55.3 Å². The molecule has 8 heavy (non-hydrogen) atoms. The van der Waals surface area contributed by atoms with Crippen LogP contribution in [0.4, 0.5) is 0 Å². The predicted molar refractivity (Wildman–Crippen MR) is 32.3 cm³/mol. The minimum Gasteiger partial charge on any atom is -0.307 e. The summed E-state index contributed by atoms with van der Waals surface area (Å²) in [6, 6.07) is 0. The molecule has 1 rings (SSSR count). The zero-order valence-electron chi connectivity index (χ0n) is 4.49. The third-order valence-corrected chi connectivity index (χ3v) is 1.02. The van der Waals surface area contributed by atoms with Crippen molar-refractivity contribution in [3.63, 3.8) is 0 Å². The summed E-state index contributed by atoms with van der Waals surface area (Å²) in [5, 5.41) is 1.44. The fourth-order valence-electron chi connectivity index (χ4n) is 0.526. The van der Waals surface area contributed by atoms with Crippen molar-refractivity contribution >= 4 is 0 Å². The molecule has 4 N–H and O–H groups in total. The molecule has 3 heteroatoms. The number of nitrogens with two attached hydrogens (primary N) is 2. The first-order valence-corrected chi connectivity index (χ1v) is 2.44. The van der Waals surface area contributed by atoms with E-state index >= 15 is 0 Å². The monoisotopic (exact) mass is 111 g/mol. The SMILES string of the molecule is NC1C=CC=CN1N. The number of hydrogen-bond donors (Lipinski definition) is 2. The number of rotatable bonds is 0. The highest BCUT2D eigenvalue weighted by molar-refractivity contribution is 5.10. The Morgan fingerprint density at radius 2 is 2.12 bits per heavy atom.